The Hall–Kier alpha value is -3.40. The van der Waals surface area contributed by atoms with Crippen LogP contribution in [-0.4, -0.2) is 35.9 Å². The Balaban J connectivity index is 1.84. The molecule has 10 heteroatoms. The molecule has 1 aliphatic rings. The molecule has 0 spiro atoms. The summed E-state index contributed by atoms with van der Waals surface area (Å²) in [5, 5.41) is 2.47. The van der Waals surface area contributed by atoms with Crippen LogP contribution in [0.4, 0.5) is 4.79 Å². The molecule has 2 aromatic rings. The molecule has 0 atom stereocenters. The van der Waals surface area contributed by atoms with Crippen LogP contribution in [0.2, 0.25) is 0 Å². The predicted octanol–water partition coefficient (Wildman–Crippen LogP) is 2.85. The Morgan fingerprint density at radius 2 is 2.00 bits per heavy atom. The van der Waals surface area contributed by atoms with E-state index in [0.717, 1.165) is 4.90 Å². The highest BCUT2D eigenvalue weighted by Crippen LogP contribution is 2.27. The van der Waals surface area contributed by atoms with Crippen molar-refractivity contribution >= 4 is 45.9 Å². The minimum atomic E-state index is -0.665. The number of nitrogens with one attached hydrogen (secondary N) is 1. The zero-order valence-electron chi connectivity index (χ0n) is 15.4. The summed E-state index contributed by atoms with van der Waals surface area (Å²) >= 11 is 3.31. The average Bonchev–Trinajstić information content (AvgIpc) is 3.24. The number of furan rings is 1. The van der Waals surface area contributed by atoms with Gasteiger partial charge in [-0.25, -0.2) is 9.59 Å². The van der Waals surface area contributed by atoms with Gasteiger partial charge in [-0.2, -0.15) is 0 Å². The molecule has 0 saturated carbocycles. The van der Waals surface area contributed by atoms with Gasteiger partial charge in [-0.3, -0.25) is 14.5 Å². The first-order valence-electron chi connectivity index (χ1n) is 8.28. The molecule has 0 unspecified atom stereocenters. The standard InChI is InChI=1S/C19H15BrN2O7/c1-10(23)28-15-5-3-12(20)7-11(15)8-14-17(24)22(19(26)21-14)9-13-4-6-16(29-13)18(25)27-2/h3-8H,9H2,1-2H3,(H,21,26)/b14-8-. The molecule has 1 saturated heterocycles. The minimum Gasteiger partial charge on any atom is -0.463 e. The lowest BCUT2D eigenvalue weighted by atomic mass is 10.1. The fourth-order valence-corrected chi connectivity index (χ4v) is 2.96. The second kappa shape index (κ2) is 8.31. The molecule has 2 heterocycles. The van der Waals surface area contributed by atoms with E-state index in [-0.39, 0.29) is 29.5 Å². The maximum Gasteiger partial charge on any atom is 0.373 e. The van der Waals surface area contributed by atoms with E-state index in [1.165, 1.54) is 32.2 Å². The number of ether oxygens (including phenoxy) is 2. The molecule has 3 rings (SSSR count). The first kappa shape index (κ1) is 20.3. The van der Waals surface area contributed by atoms with Gasteiger partial charge in [0.15, 0.2) is 0 Å². The molecule has 29 heavy (non-hydrogen) atoms. The molecule has 1 N–H and O–H groups in total. The number of halogens is 1. The van der Waals surface area contributed by atoms with Crippen LogP contribution in [0.15, 0.2) is 44.9 Å². The second-order valence-corrected chi connectivity index (χ2v) is 6.83. The van der Waals surface area contributed by atoms with E-state index in [0.29, 0.717) is 10.0 Å². The van der Waals surface area contributed by atoms with Gasteiger partial charge in [-0.15, -0.1) is 0 Å². The lowest BCUT2D eigenvalue weighted by Crippen LogP contribution is -2.30. The molecule has 1 aromatic heterocycles. The van der Waals surface area contributed by atoms with Crippen molar-refractivity contribution in [3.63, 3.8) is 0 Å². The van der Waals surface area contributed by atoms with Crippen LogP contribution in [0.25, 0.3) is 6.08 Å². The number of imide groups is 1. The van der Waals surface area contributed by atoms with Crippen LogP contribution in [-0.2, 0) is 20.9 Å². The van der Waals surface area contributed by atoms with Gasteiger partial charge in [0, 0.05) is 17.0 Å². The van der Waals surface area contributed by atoms with E-state index < -0.39 is 23.9 Å². The highest BCUT2D eigenvalue weighted by molar-refractivity contribution is 9.10. The quantitative estimate of drug-likeness (QED) is 0.314. The van der Waals surface area contributed by atoms with Crippen LogP contribution in [0.3, 0.4) is 0 Å². The van der Waals surface area contributed by atoms with Crippen LogP contribution in [0, 0.1) is 0 Å². The van der Waals surface area contributed by atoms with Crippen molar-refractivity contribution in [3.8, 4) is 5.75 Å². The summed E-state index contributed by atoms with van der Waals surface area (Å²) in [6, 6.07) is 7.10. The van der Waals surface area contributed by atoms with Gasteiger partial charge in [0.05, 0.1) is 13.7 Å². The van der Waals surface area contributed by atoms with E-state index in [4.69, 9.17) is 9.15 Å². The molecular formula is C19H15BrN2O7. The third-order valence-corrected chi connectivity index (χ3v) is 4.34. The van der Waals surface area contributed by atoms with Crippen LogP contribution in [0.1, 0.15) is 28.8 Å². The van der Waals surface area contributed by atoms with Crippen LogP contribution < -0.4 is 10.1 Å². The predicted molar refractivity (Wildman–Crippen MR) is 103 cm³/mol. The van der Waals surface area contributed by atoms with Gasteiger partial charge >= 0.3 is 18.0 Å². The van der Waals surface area contributed by atoms with E-state index in [1.807, 2.05) is 0 Å². The average molecular weight is 463 g/mol. The van der Waals surface area contributed by atoms with Gasteiger partial charge in [-0.1, -0.05) is 15.9 Å². The summed E-state index contributed by atoms with van der Waals surface area (Å²) in [5.74, 6) is -1.35. The Kier molecular flexibility index (Phi) is 5.83. The molecule has 1 aromatic carbocycles. The van der Waals surface area contributed by atoms with Crippen molar-refractivity contribution in [2.24, 2.45) is 0 Å². The number of carbonyl (C=O) groups excluding carboxylic acids is 4. The smallest absolute Gasteiger partial charge is 0.373 e. The summed E-state index contributed by atoms with van der Waals surface area (Å²) < 4.78 is 15.7. The van der Waals surface area contributed by atoms with Gasteiger partial charge < -0.3 is 19.2 Å². The molecule has 1 aliphatic heterocycles. The maximum absolute atomic E-state index is 12.7. The molecule has 0 radical (unpaired) electrons. The first-order chi connectivity index (χ1) is 13.8. The highest BCUT2D eigenvalue weighted by atomic mass is 79.9. The summed E-state index contributed by atoms with van der Waals surface area (Å²) in [5.41, 5.74) is 0.423. The number of hydrogen-bond acceptors (Lipinski definition) is 7. The summed E-state index contributed by atoms with van der Waals surface area (Å²) in [7, 11) is 1.21. The second-order valence-electron chi connectivity index (χ2n) is 5.91. The summed E-state index contributed by atoms with van der Waals surface area (Å²) in [4.78, 5) is 48.6. The van der Waals surface area contributed by atoms with Gasteiger partial charge in [-0.05, 0) is 36.4 Å². The molecule has 9 nitrogen and oxygen atoms in total. The fourth-order valence-electron chi connectivity index (χ4n) is 2.58. The van der Waals surface area contributed by atoms with Crippen molar-refractivity contribution in [3.05, 3.63) is 57.6 Å². The van der Waals surface area contributed by atoms with Gasteiger partial charge in [0.2, 0.25) is 5.76 Å². The van der Waals surface area contributed by atoms with Crippen molar-refractivity contribution in [1.82, 2.24) is 10.2 Å². The molecule has 0 aliphatic carbocycles. The largest absolute Gasteiger partial charge is 0.463 e. The molecule has 3 amide bonds. The number of urea groups is 1. The zero-order valence-corrected chi connectivity index (χ0v) is 16.9. The molecular weight excluding hydrogens is 448 g/mol. The number of benzene rings is 1. The van der Waals surface area contributed by atoms with Crippen LogP contribution >= 0.6 is 15.9 Å². The number of hydrogen-bond donors (Lipinski definition) is 1. The van der Waals surface area contributed by atoms with E-state index >= 15 is 0 Å². The Morgan fingerprint density at radius 3 is 2.69 bits per heavy atom. The number of esters is 2. The number of methoxy groups -OCH3 is 1. The number of nitrogens with zero attached hydrogens (tertiary/aromatic N) is 1. The topological polar surface area (TPSA) is 115 Å². The fraction of sp³-hybridized carbons (Fsp3) is 0.158. The van der Waals surface area contributed by atoms with Crippen molar-refractivity contribution in [2.75, 3.05) is 7.11 Å². The molecule has 0 bridgehead atoms. The van der Waals surface area contributed by atoms with Gasteiger partial charge in [0.1, 0.15) is 17.2 Å². The SMILES string of the molecule is COC(=O)c1ccc(CN2C(=O)N/C(=C\c3cc(Br)ccc3OC(C)=O)C2=O)o1. The lowest BCUT2D eigenvalue weighted by Gasteiger charge is -2.09. The third kappa shape index (κ3) is 4.54. The summed E-state index contributed by atoms with van der Waals surface area (Å²) in [6.45, 7) is 1.09. The van der Waals surface area contributed by atoms with Crippen LogP contribution in [0.5, 0.6) is 5.75 Å². The molecule has 1 fully saturated rings. The molecule has 150 valence electrons. The van der Waals surface area contributed by atoms with E-state index in [2.05, 4.69) is 26.0 Å². The normalized spacial score (nSPS) is 14.9. The van der Waals surface area contributed by atoms with Crippen molar-refractivity contribution in [1.29, 1.82) is 0 Å². The van der Waals surface area contributed by atoms with E-state index in [9.17, 15) is 19.2 Å². The highest BCUT2D eigenvalue weighted by Gasteiger charge is 2.34. The lowest BCUT2D eigenvalue weighted by molar-refractivity contribution is -0.131. The van der Waals surface area contributed by atoms with E-state index in [1.54, 1.807) is 18.2 Å². The maximum atomic E-state index is 12.7. The van der Waals surface area contributed by atoms with Crippen molar-refractivity contribution < 1.29 is 33.1 Å². The third-order valence-electron chi connectivity index (χ3n) is 3.85. The number of rotatable bonds is 5. The number of amides is 3. The first-order valence-corrected chi connectivity index (χ1v) is 9.07. The minimum absolute atomic E-state index is 0.00116. The Bertz CT molecular complexity index is 1040. The monoisotopic (exact) mass is 462 g/mol. The zero-order chi connectivity index (χ0) is 21.1. The van der Waals surface area contributed by atoms with Gasteiger partial charge in [0.25, 0.3) is 5.91 Å². The summed E-state index contributed by atoms with van der Waals surface area (Å²) in [6.07, 6.45) is 1.41. The Morgan fingerprint density at radius 1 is 1.24 bits per heavy atom. The number of carbonyl (C=O) groups is 4. The van der Waals surface area contributed by atoms with Crippen molar-refractivity contribution in [2.45, 2.75) is 13.5 Å². The Labute approximate surface area is 173 Å².